The van der Waals surface area contributed by atoms with E-state index in [0.29, 0.717) is 28.0 Å². The maximum absolute atomic E-state index is 13.1. The zero-order valence-electron chi connectivity index (χ0n) is 11.9. The molecule has 22 heavy (non-hydrogen) atoms. The van der Waals surface area contributed by atoms with Crippen LogP contribution in [-0.2, 0) is 0 Å². The number of halogens is 2. The Morgan fingerprint density at radius 3 is 2.50 bits per heavy atom. The van der Waals surface area contributed by atoms with Crippen molar-refractivity contribution in [2.45, 2.75) is 0 Å². The molecular weight excluding hydrogens is 327 g/mol. The average Bonchev–Trinajstić information content (AvgIpc) is 2.50. The van der Waals surface area contributed by atoms with E-state index < -0.39 is 5.82 Å². The average molecular weight is 341 g/mol. The summed E-state index contributed by atoms with van der Waals surface area (Å²) >= 11 is 11.0. The summed E-state index contributed by atoms with van der Waals surface area (Å²) in [7, 11) is 3.13. The molecule has 0 saturated carbocycles. The number of methoxy groups -OCH3 is 2. The molecule has 0 bridgehead atoms. The number of hydrogen-bond acceptors (Lipinski definition) is 3. The van der Waals surface area contributed by atoms with E-state index in [9.17, 15) is 4.39 Å². The highest BCUT2D eigenvalue weighted by molar-refractivity contribution is 7.80. The molecule has 4 nitrogen and oxygen atoms in total. The van der Waals surface area contributed by atoms with E-state index in [-0.39, 0.29) is 5.02 Å². The second kappa shape index (κ2) is 7.29. The Morgan fingerprint density at radius 2 is 1.86 bits per heavy atom. The van der Waals surface area contributed by atoms with Crippen LogP contribution in [0.25, 0.3) is 0 Å². The maximum Gasteiger partial charge on any atom is 0.175 e. The standard InChI is InChI=1S/C15H14ClFN2O2S/c1-20-10-4-6-14(21-2)13(8-10)19-15(22)18-9-3-5-12(17)11(16)7-9/h3-8H,1-2H3,(H2,18,19,22). The maximum atomic E-state index is 13.1. The highest BCUT2D eigenvalue weighted by Gasteiger charge is 2.08. The molecule has 0 aliphatic carbocycles. The quantitative estimate of drug-likeness (QED) is 0.812. The molecule has 0 atom stereocenters. The van der Waals surface area contributed by atoms with Gasteiger partial charge in [-0.3, -0.25) is 0 Å². The Labute approximate surface area is 138 Å². The molecule has 0 fully saturated rings. The van der Waals surface area contributed by atoms with Gasteiger partial charge in [-0.25, -0.2) is 4.39 Å². The number of benzene rings is 2. The summed E-state index contributed by atoms with van der Waals surface area (Å²) in [5.74, 6) is 0.790. The number of rotatable bonds is 4. The minimum Gasteiger partial charge on any atom is -0.497 e. The van der Waals surface area contributed by atoms with Gasteiger partial charge in [-0.15, -0.1) is 0 Å². The Kier molecular flexibility index (Phi) is 5.41. The van der Waals surface area contributed by atoms with Gasteiger partial charge in [0.15, 0.2) is 5.11 Å². The van der Waals surface area contributed by atoms with Gasteiger partial charge in [0.1, 0.15) is 17.3 Å². The summed E-state index contributed by atoms with van der Waals surface area (Å²) in [5, 5.41) is 6.25. The molecule has 7 heteroatoms. The molecule has 2 N–H and O–H groups in total. The minimum absolute atomic E-state index is 0.0201. The smallest absolute Gasteiger partial charge is 0.175 e. The molecule has 2 aromatic rings. The Bertz CT molecular complexity index is 697. The van der Waals surface area contributed by atoms with Crippen molar-refractivity contribution < 1.29 is 13.9 Å². The summed E-state index contributed by atoms with van der Waals surface area (Å²) in [4.78, 5) is 0. The second-order valence-corrected chi connectivity index (χ2v) is 5.09. The molecule has 0 aliphatic heterocycles. The summed E-state index contributed by atoms with van der Waals surface area (Å²) in [5.41, 5.74) is 1.22. The highest BCUT2D eigenvalue weighted by Crippen LogP contribution is 2.29. The fraction of sp³-hybridized carbons (Fsp3) is 0.133. The Morgan fingerprint density at radius 1 is 1.09 bits per heavy atom. The van der Waals surface area contributed by atoms with E-state index in [2.05, 4.69) is 10.6 Å². The summed E-state index contributed by atoms with van der Waals surface area (Å²) < 4.78 is 23.5. The van der Waals surface area contributed by atoms with Crippen molar-refractivity contribution in [3.05, 3.63) is 47.2 Å². The van der Waals surface area contributed by atoms with Crippen LogP contribution in [0.1, 0.15) is 0 Å². The van der Waals surface area contributed by atoms with E-state index in [1.54, 1.807) is 32.4 Å². The van der Waals surface area contributed by atoms with E-state index in [0.717, 1.165) is 0 Å². The van der Waals surface area contributed by atoms with Gasteiger partial charge in [0.05, 0.1) is 24.9 Å². The van der Waals surface area contributed by atoms with Crippen molar-refractivity contribution in [1.82, 2.24) is 0 Å². The third-order valence-electron chi connectivity index (χ3n) is 2.83. The van der Waals surface area contributed by atoms with Crippen molar-refractivity contribution in [2.24, 2.45) is 0 Å². The van der Waals surface area contributed by atoms with E-state index >= 15 is 0 Å². The molecule has 0 aromatic heterocycles. The molecule has 0 saturated heterocycles. The van der Waals surface area contributed by atoms with Gasteiger partial charge in [-0.05, 0) is 42.5 Å². The predicted octanol–water partition coefficient (Wildman–Crippen LogP) is 4.31. The van der Waals surface area contributed by atoms with E-state index in [1.165, 1.54) is 18.2 Å². The van der Waals surface area contributed by atoms with E-state index in [4.69, 9.17) is 33.3 Å². The van der Waals surface area contributed by atoms with Gasteiger partial charge in [0, 0.05) is 11.8 Å². The Hall–Kier alpha value is -2.05. The van der Waals surface area contributed by atoms with Crippen LogP contribution in [0, 0.1) is 5.82 Å². The van der Waals surface area contributed by atoms with Gasteiger partial charge >= 0.3 is 0 Å². The van der Waals surface area contributed by atoms with Gasteiger partial charge in [-0.2, -0.15) is 0 Å². The molecule has 0 amide bonds. The monoisotopic (exact) mass is 340 g/mol. The lowest BCUT2D eigenvalue weighted by atomic mass is 10.2. The molecule has 0 radical (unpaired) electrons. The van der Waals surface area contributed by atoms with Crippen LogP contribution in [0.5, 0.6) is 11.5 Å². The third-order valence-corrected chi connectivity index (χ3v) is 3.33. The van der Waals surface area contributed by atoms with Crippen LogP contribution in [0.3, 0.4) is 0 Å². The lowest BCUT2D eigenvalue weighted by Crippen LogP contribution is -2.19. The molecule has 0 unspecified atom stereocenters. The SMILES string of the molecule is COc1ccc(OC)c(NC(=S)Nc2ccc(F)c(Cl)c2)c1. The van der Waals surface area contributed by atoms with Crippen molar-refractivity contribution in [3.63, 3.8) is 0 Å². The molecular formula is C15H14ClFN2O2S. The predicted molar refractivity (Wildman–Crippen MR) is 90.8 cm³/mol. The van der Waals surface area contributed by atoms with Gasteiger partial charge in [-0.1, -0.05) is 11.6 Å². The van der Waals surface area contributed by atoms with Crippen LogP contribution < -0.4 is 20.1 Å². The normalized spacial score (nSPS) is 10.0. The van der Waals surface area contributed by atoms with E-state index in [1.807, 2.05) is 0 Å². The van der Waals surface area contributed by atoms with Gasteiger partial charge in [0.25, 0.3) is 0 Å². The van der Waals surface area contributed by atoms with Crippen LogP contribution in [0.2, 0.25) is 5.02 Å². The van der Waals surface area contributed by atoms with Crippen molar-refractivity contribution >= 4 is 40.3 Å². The third kappa shape index (κ3) is 3.99. The second-order valence-electron chi connectivity index (χ2n) is 4.27. The minimum atomic E-state index is -0.486. The number of thiocarbonyl (C=S) groups is 1. The molecule has 0 heterocycles. The van der Waals surface area contributed by atoms with Crippen LogP contribution in [0.4, 0.5) is 15.8 Å². The largest absolute Gasteiger partial charge is 0.497 e. The van der Waals surface area contributed by atoms with Crippen molar-refractivity contribution in [3.8, 4) is 11.5 Å². The molecule has 0 aliphatic rings. The molecule has 2 aromatic carbocycles. The number of ether oxygens (including phenoxy) is 2. The first kappa shape index (κ1) is 16.3. The van der Waals surface area contributed by atoms with Gasteiger partial charge < -0.3 is 20.1 Å². The summed E-state index contributed by atoms with van der Waals surface area (Å²) in [6.45, 7) is 0. The number of nitrogens with one attached hydrogen (secondary N) is 2. The van der Waals surface area contributed by atoms with Crippen molar-refractivity contribution in [1.29, 1.82) is 0 Å². The van der Waals surface area contributed by atoms with Crippen LogP contribution in [-0.4, -0.2) is 19.3 Å². The first-order valence-electron chi connectivity index (χ1n) is 6.28. The zero-order valence-corrected chi connectivity index (χ0v) is 13.5. The first-order chi connectivity index (χ1) is 10.5. The van der Waals surface area contributed by atoms with Crippen LogP contribution in [0.15, 0.2) is 36.4 Å². The molecule has 116 valence electrons. The van der Waals surface area contributed by atoms with Crippen LogP contribution >= 0.6 is 23.8 Å². The first-order valence-corrected chi connectivity index (χ1v) is 7.07. The number of anilines is 2. The lowest BCUT2D eigenvalue weighted by molar-refractivity contribution is 0.405. The topological polar surface area (TPSA) is 42.5 Å². The summed E-state index contributed by atoms with van der Waals surface area (Å²) in [6, 6.07) is 9.55. The fourth-order valence-corrected chi connectivity index (χ4v) is 2.18. The lowest BCUT2D eigenvalue weighted by Gasteiger charge is -2.14. The fourth-order valence-electron chi connectivity index (χ4n) is 1.77. The van der Waals surface area contributed by atoms with Gasteiger partial charge in [0.2, 0.25) is 0 Å². The molecule has 0 spiro atoms. The number of hydrogen-bond donors (Lipinski definition) is 2. The summed E-state index contributed by atoms with van der Waals surface area (Å²) in [6.07, 6.45) is 0. The zero-order chi connectivity index (χ0) is 16.1. The van der Waals surface area contributed by atoms with Crippen molar-refractivity contribution in [2.75, 3.05) is 24.9 Å². The highest BCUT2D eigenvalue weighted by atomic mass is 35.5. The Balaban J connectivity index is 2.12. The molecule has 2 rings (SSSR count).